The summed E-state index contributed by atoms with van der Waals surface area (Å²) in [6.07, 6.45) is 0.756. The highest BCUT2D eigenvalue weighted by Crippen LogP contribution is 2.23. The van der Waals surface area contributed by atoms with Crippen LogP contribution in [-0.2, 0) is 11.2 Å². The van der Waals surface area contributed by atoms with E-state index in [9.17, 15) is 9.18 Å². The van der Waals surface area contributed by atoms with E-state index < -0.39 is 0 Å². The Labute approximate surface area is 86.7 Å². The fourth-order valence-corrected chi connectivity index (χ4v) is 2.73. The quantitative estimate of drug-likeness (QED) is 0.745. The zero-order chi connectivity index (χ0) is 9.97. The number of rotatable bonds is 2. The van der Waals surface area contributed by atoms with Crippen molar-refractivity contribution in [1.29, 1.82) is 0 Å². The Morgan fingerprint density at radius 2 is 2.07 bits per heavy atom. The largest absolute Gasteiger partial charge is 0.298 e. The third-order valence-corrected chi connectivity index (χ3v) is 3.54. The first-order valence-corrected chi connectivity index (χ1v) is 5.76. The van der Waals surface area contributed by atoms with Gasteiger partial charge in [-0.3, -0.25) is 4.79 Å². The summed E-state index contributed by atoms with van der Waals surface area (Å²) in [6, 6.07) is 6.40. The van der Waals surface area contributed by atoms with Crippen molar-refractivity contribution >= 4 is 17.5 Å². The lowest BCUT2D eigenvalue weighted by Crippen LogP contribution is -2.13. The van der Waals surface area contributed by atoms with Crippen LogP contribution in [0.3, 0.4) is 0 Å². The number of Topliss-reactive ketones (excluding diaryl/α,β-unsaturated/α-hetero) is 1. The molecule has 1 aromatic carbocycles. The van der Waals surface area contributed by atoms with Gasteiger partial charge in [-0.05, 0) is 24.1 Å². The van der Waals surface area contributed by atoms with Crippen molar-refractivity contribution in [3.63, 3.8) is 0 Å². The Balaban J connectivity index is 2.03. The third kappa shape index (κ3) is 2.15. The molecule has 1 aliphatic heterocycles. The molecule has 1 nitrogen and oxygen atoms in total. The van der Waals surface area contributed by atoms with E-state index in [1.54, 1.807) is 23.9 Å². The molecule has 0 N–H and O–H groups in total. The van der Waals surface area contributed by atoms with Crippen LogP contribution in [0.5, 0.6) is 0 Å². The lowest BCUT2D eigenvalue weighted by Gasteiger charge is -2.06. The zero-order valence-corrected chi connectivity index (χ0v) is 8.52. The van der Waals surface area contributed by atoms with Crippen molar-refractivity contribution in [3.8, 4) is 0 Å². The monoisotopic (exact) mass is 210 g/mol. The van der Waals surface area contributed by atoms with Gasteiger partial charge in [0.2, 0.25) is 0 Å². The predicted molar refractivity (Wildman–Crippen MR) is 55.9 cm³/mol. The molecule has 1 unspecified atom stereocenters. The SMILES string of the molecule is O=C1CSCC1Cc1ccc(F)cc1. The first-order chi connectivity index (χ1) is 6.75. The summed E-state index contributed by atoms with van der Waals surface area (Å²) in [5.41, 5.74) is 1.05. The second kappa shape index (κ2) is 4.13. The smallest absolute Gasteiger partial charge is 0.146 e. The minimum atomic E-state index is -0.221. The molecule has 0 saturated carbocycles. The van der Waals surface area contributed by atoms with Gasteiger partial charge in [0.15, 0.2) is 0 Å². The highest BCUT2D eigenvalue weighted by molar-refractivity contribution is 8.00. The number of carbonyl (C=O) groups excluding carboxylic acids is 1. The summed E-state index contributed by atoms with van der Waals surface area (Å²) >= 11 is 1.69. The summed E-state index contributed by atoms with van der Waals surface area (Å²) in [5.74, 6) is 1.81. The molecule has 2 rings (SSSR count). The van der Waals surface area contributed by atoms with Gasteiger partial charge in [-0.2, -0.15) is 11.8 Å². The molecule has 0 bridgehead atoms. The van der Waals surface area contributed by atoms with Gasteiger partial charge >= 0.3 is 0 Å². The van der Waals surface area contributed by atoms with Crippen molar-refractivity contribution in [2.45, 2.75) is 6.42 Å². The van der Waals surface area contributed by atoms with Crippen LogP contribution in [-0.4, -0.2) is 17.3 Å². The van der Waals surface area contributed by atoms with E-state index in [1.807, 2.05) is 0 Å². The average molecular weight is 210 g/mol. The van der Waals surface area contributed by atoms with E-state index in [0.29, 0.717) is 11.5 Å². The van der Waals surface area contributed by atoms with Crippen molar-refractivity contribution in [1.82, 2.24) is 0 Å². The van der Waals surface area contributed by atoms with E-state index in [4.69, 9.17) is 0 Å². The minimum absolute atomic E-state index is 0.144. The molecule has 14 heavy (non-hydrogen) atoms. The lowest BCUT2D eigenvalue weighted by atomic mass is 9.98. The van der Waals surface area contributed by atoms with Crippen LogP contribution in [0.2, 0.25) is 0 Å². The number of hydrogen-bond acceptors (Lipinski definition) is 2. The summed E-state index contributed by atoms with van der Waals surface area (Å²) in [7, 11) is 0. The van der Waals surface area contributed by atoms with Crippen molar-refractivity contribution in [3.05, 3.63) is 35.6 Å². The molecule has 0 radical (unpaired) electrons. The van der Waals surface area contributed by atoms with E-state index in [-0.39, 0.29) is 11.7 Å². The summed E-state index contributed by atoms with van der Waals surface area (Å²) in [6.45, 7) is 0. The van der Waals surface area contributed by atoms with Crippen molar-refractivity contribution in [2.24, 2.45) is 5.92 Å². The van der Waals surface area contributed by atoms with Crippen LogP contribution in [0.15, 0.2) is 24.3 Å². The molecular weight excluding hydrogens is 199 g/mol. The molecule has 1 heterocycles. The molecule has 0 amide bonds. The number of thioether (sulfide) groups is 1. The van der Waals surface area contributed by atoms with Crippen LogP contribution >= 0.6 is 11.8 Å². The van der Waals surface area contributed by atoms with Crippen LogP contribution in [0.1, 0.15) is 5.56 Å². The first-order valence-electron chi connectivity index (χ1n) is 4.60. The average Bonchev–Trinajstić information content (AvgIpc) is 2.56. The third-order valence-electron chi connectivity index (χ3n) is 2.41. The highest BCUT2D eigenvalue weighted by Gasteiger charge is 2.24. The van der Waals surface area contributed by atoms with Gasteiger partial charge in [0, 0.05) is 11.7 Å². The molecule has 1 aromatic rings. The zero-order valence-electron chi connectivity index (χ0n) is 7.70. The van der Waals surface area contributed by atoms with Gasteiger partial charge < -0.3 is 0 Å². The topological polar surface area (TPSA) is 17.1 Å². The molecular formula is C11H11FOS. The maximum absolute atomic E-state index is 12.6. The van der Waals surface area contributed by atoms with Gasteiger partial charge in [0.05, 0.1) is 5.75 Å². The summed E-state index contributed by atoms with van der Waals surface area (Å²) in [4.78, 5) is 11.4. The Morgan fingerprint density at radius 1 is 1.36 bits per heavy atom. The maximum atomic E-state index is 12.6. The minimum Gasteiger partial charge on any atom is -0.298 e. The number of ketones is 1. The van der Waals surface area contributed by atoms with Crippen molar-refractivity contribution in [2.75, 3.05) is 11.5 Å². The number of hydrogen-bond donors (Lipinski definition) is 0. The Morgan fingerprint density at radius 3 is 2.64 bits per heavy atom. The van der Waals surface area contributed by atoms with Crippen LogP contribution in [0.25, 0.3) is 0 Å². The first kappa shape index (κ1) is 9.71. The van der Waals surface area contributed by atoms with Gasteiger partial charge in [-0.25, -0.2) is 4.39 Å². The number of carbonyl (C=O) groups is 1. The molecule has 1 atom stereocenters. The number of benzene rings is 1. The molecule has 0 aromatic heterocycles. The standard InChI is InChI=1S/C11H11FOS/c12-10-3-1-8(2-4-10)5-9-6-14-7-11(9)13/h1-4,9H,5-7H2. The van der Waals surface area contributed by atoms with E-state index in [0.717, 1.165) is 17.7 Å². The summed E-state index contributed by atoms with van der Waals surface area (Å²) < 4.78 is 12.6. The van der Waals surface area contributed by atoms with Gasteiger partial charge in [-0.1, -0.05) is 12.1 Å². The fourth-order valence-electron chi connectivity index (χ4n) is 1.59. The van der Waals surface area contributed by atoms with E-state index in [1.165, 1.54) is 12.1 Å². The van der Waals surface area contributed by atoms with Crippen LogP contribution in [0, 0.1) is 11.7 Å². The predicted octanol–water partition coefficient (Wildman–Crippen LogP) is 2.30. The Bertz CT molecular complexity index is 334. The van der Waals surface area contributed by atoms with Crippen LogP contribution in [0.4, 0.5) is 4.39 Å². The second-order valence-corrected chi connectivity index (χ2v) is 4.54. The molecule has 1 fully saturated rings. The van der Waals surface area contributed by atoms with E-state index in [2.05, 4.69) is 0 Å². The molecule has 1 saturated heterocycles. The van der Waals surface area contributed by atoms with E-state index >= 15 is 0 Å². The molecule has 0 spiro atoms. The molecule has 0 aliphatic carbocycles. The lowest BCUT2D eigenvalue weighted by molar-refractivity contribution is -0.119. The van der Waals surface area contributed by atoms with Crippen molar-refractivity contribution < 1.29 is 9.18 Å². The molecule has 74 valence electrons. The van der Waals surface area contributed by atoms with Gasteiger partial charge in [0.1, 0.15) is 11.6 Å². The highest BCUT2D eigenvalue weighted by atomic mass is 32.2. The normalized spacial score (nSPS) is 21.5. The summed E-state index contributed by atoms with van der Waals surface area (Å²) in [5, 5.41) is 0. The van der Waals surface area contributed by atoms with Crippen LogP contribution < -0.4 is 0 Å². The maximum Gasteiger partial charge on any atom is 0.146 e. The Kier molecular flexibility index (Phi) is 2.87. The Hall–Kier alpha value is -0.830. The second-order valence-electron chi connectivity index (χ2n) is 3.51. The fraction of sp³-hybridized carbons (Fsp3) is 0.364. The van der Waals surface area contributed by atoms with Gasteiger partial charge in [0.25, 0.3) is 0 Å². The van der Waals surface area contributed by atoms with Gasteiger partial charge in [-0.15, -0.1) is 0 Å². The molecule has 3 heteroatoms. The number of halogens is 1. The molecule has 1 aliphatic rings.